The van der Waals surface area contributed by atoms with Crippen molar-refractivity contribution in [2.45, 2.75) is 30.7 Å². The third-order valence-corrected chi connectivity index (χ3v) is 1.67. The number of rotatable bonds is 0. The molecule has 0 unspecified atom stereocenters. The summed E-state index contributed by atoms with van der Waals surface area (Å²) in [5, 5.41) is 17.1. The van der Waals surface area contributed by atoms with Crippen molar-refractivity contribution < 1.29 is 23.4 Å². The van der Waals surface area contributed by atoms with E-state index >= 15 is 0 Å². The Hall–Kier alpha value is -0.290. The zero-order valence-electron chi connectivity index (χ0n) is 5.02. The molecule has 1 aliphatic rings. The first-order valence-corrected chi connectivity index (χ1v) is 2.82. The first-order valence-electron chi connectivity index (χ1n) is 2.82. The molecule has 2 N–H and O–H groups in total. The van der Waals surface area contributed by atoms with E-state index in [1.165, 1.54) is 0 Å². The highest BCUT2D eigenvalue weighted by molar-refractivity contribution is 4.99. The Morgan fingerprint density at radius 3 is 1.80 bits per heavy atom. The molecule has 0 aromatic carbocycles. The van der Waals surface area contributed by atoms with Gasteiger partial charge >= 0.3 is 6.18 Å². The summed E-state index contributed by atoms with van der Waals surface area (Å²) in [6.07, 6.45) is -6.76. The van der Waals surface area contributed by atoms with Crippen molar-refractivity contribution in [3.05, 3.63) is 0 Å². The minimum absolute atomic E-state index is 0.587. The van der Waals surface area contributed by atoms with Crippen LogP contribution in [0.15, 0.2) is 0 Å². The summed E-state index contributed by atoms with van der Waals surface area (Å²) in [6.45, 7) is 0. The van der Waals surface area contributed by atoms with Crippen LogP contribution in [-0.4, -0.2) is 28.1 Å². The smallest absolute Gasteiger partial charge is 0.393 e. The van der Waals surface area contributed by atoms with Crippen LogP contribution in [0.1, 0.15) is 12.8 Å². The van der Waals surface area contributed by atoms with Gasteiger partial charge in [-0.25, -0.2) is 0 Å². The highest BCUT2D eigenvalue weighted by Gasteiger charge is 2.60. The van der Waals surface area contributed by atoms with E-state index in [1.807, 2.05) is 0 Å². The molecule has 0 atom stereocenters. The highest BCUT2D eigenvalue weighted by atomic mass is 19.4. The van der Waals surface area contributed by atoms with Gasteiger partial charge in [0.05, 0.1) is 6.10 Å². The van der Waals surface area contributed by atoms with Gasteiger partial charge < -0.3 is 10.2 Å². The summed E-state index contributed by atoms with van der Waals surface area (Å²) in [5.74, 6) is 0. The topological polar surface area (TPSA) is 40.5 Å². The van der Waals surface area contributed by atoms with Crippen molar-refractivity contribution in [1.29, 1.82) is 0 Å². The first kappa shape index (κ1) is 7.81. The summed E-state index contributed by atoms with van der Waals surface area (Å²) < 4.78 is 35.1. The maximum absolute atomic E-state index is 11.7. The fourth-order valence-corrected chi connectivity index (χ4v) is 0.951. The number of halogens is 3. The Labute approximate surface area is 55.3 Å². The zero-order chi connectivity index (χ0) is 7.99. The lowest BCUT2D eigenvalue weighted by Gasteiger charge is -2.41. The molecule has 0 aliphatic heterocycles. The highest BCUT2D eigenvalue weighted by Crippen LogP contribution is 2.44. The van der Waals surface area contributed by atoms with Crippen LogP contribution in [0.5, 0.6) is 0 Å². The van der Waals surface area contributed by atoms with Gasteiger partial charge in [-0.2, -0.15) is 13.2 Å². The largest absolute Gasteiger partial charge is 0.417 e. The quantitative estimate of drug-likeness (QED) is 0.534. The van der Waals surface area contributed by atoms with E-state index < -0.39 is 30.7 Å². The van der Waals surface area contributed by atoms with Crippen LogP contribution >= 0.6 is 0 Å². The minimum atomic E-state index is -4.59. The summed E-state index contributed by atoms with van der Waals surface area (Å²) in [7, 11) is 0. The van der Waals surface area contributed by atoms with Crippen LogP contribution in [0.4, 0.5) is 13.2 Å². The monoisotopic (exact) mass is 156 g/mol. The van der Waals surface area contributed by atoms with Crippen LogP contribution < -0.4 is 0 Å². The van der Waals surface area contributed by atoms with E-state index in [2.05, 4.69) is 0 Å². The zero-order valence-corrected chi connectivity index (χ0v) is 5.02. The van der Waals surface area contributed by atoms with Crippen LogP contribution in [0.25, 0.3) is 0 Å². The molecule has 10 heavy (non-hydrogen) atoms. The molecule has 0 heterocycles. The number of aliphatic hydroxyl groups is 2. The third-order valence-electron chi connectivity index (χ3n) is 1.67. The lowest BCUT2D eigenvalue weighted by atomic mass is 9.77. The molecule has 1 saturated carbocycles. The van der Waals surface area contributed by atoms with E-state index in [0.717, 1.165) is 0 Å². The molecule has 60 valence electrons. The summed E-state index contributed by atoms with van der Waals surface area (Å²) >= 11 is 0. The summed E-state index contributed by atoms with van der Waals surface area (Å²) in [4.78, 5) is 0. The SMILES string of the molecule is OC1CC(O)(C(F)(F)F)C1. The maximum atomic E-state index is 11.7. The van der Waals surface area contributed by atoms with Gasteiger partial charge in [-0.15, -0.1) is 0 Å². The molecular formula is C5H7F3O2. The standard InChI is InChI=1S/C5H7F3O2/c6-5(7,8)4(10)1-3(9)2-4/h3,9-10H,1-2H2. The maximum Gasteiger partial charge on any atom is 0.417 e. The summed E-state index contributed by atoms with van der Waals surface area (Å²) in [5.41, 5.74) is -2.62. The average Bonchev–Trinajstić information content (AvgIpc) is 1.58. The molecule has 1 aliphatic carbocycles. The van der Waals surface area contributed by atoms with Gasteiger partial charge in [0.1, 0.15) is 0 Å². The third kappa shape index (κ3) is 0.992. The summed E-state index contributed by atoms with van der Waals surface area (Å²) in [6, 6.07) is 0. The second-order valence-corrected chi connectivity index (χ2v) is 2.59. The van der Waals surface area contributed by atoms with Crippen LogP contribution in [0.2, 0.25) is 0 Å². The lowest BCUT2D eigenvalue weighted by molar-refractivity contribution is -0.306. The first-order chi connectivity index (χ1) is 4.35. The molecule has 0 spiro atoms. The number of aliphatic hydroxyl groups excluding tert-OH is 1. The van der Waals surface area contributed by atoms with Crippen molar-refractivity contribution in [2.75, 3.05) is 0 Å². The molecule has 0 amide bonds. The van der Waals surface area contributed by atoms with Gasteiger partial charge in [0.25, 0.3) is 0 Å². The molecule has 1 fully saturated rings. The molecule has 5 heteroatoms. The molecule has 1 rings (SSSR count). The van der Waals surface area contributed by atoms with Gasteiger partial charge in [-0.05, 0) is 0 Å². The molecule has 0 aromatic heterocycles. The molecule has 0 aromatic rings. The minimum Gasteiger partial charge on any atom is -0.393 e. The van der Waals surface area contributed by atoms with Crippen molar-refractivity contribution in [1.82, 2.24) is 0 Å². The predicted octanol–water partition coefficient (Wildman–Crippen LogP) is 0.434. The molecular weight excluding hydrogens is 149 g/mol. The Kier molecular flexibility index (Phi) is 1.45. The molecule has 0 saturated heterocycles. The van der Waals surface area contributed by atoms with Gasteiger partial charge in [-0.3, -0.25) is 0 Å². The predicted molar refractivity (Wildman–Crippen MR) is 26.2 cm³/mol. The van der Waals surface area contributed by atoms with E-state index in [-0.39, 0.29) is 0 Å². The van der Waals surface area contributed by atoms with Gasteiger partial charge in [0, 0.05) is 12.8 Å². The van der Waals surface area contributed by atoms with Crippen molar-refractivity contribution in [3.8, 4) is 0 Å². The Morgan fingerprint density at radius 2 is 1.70 bits per heavy atom. The Bertz CT molecular complexity index is 136. The van der Waals surface area contributed by atoms with E-state index in [1.54, 1.807) is 0 Å². The second kappa shape index (κ2) is 1.85. The lowest BCUT2D eigenvalue weighted by Crippen LogP contribution is -2.57. The fourth-order valence-electron chi connectivity index (χ4n) is 0.951. The van der Waals surface area contributed by atoms with Gasteiger partial charge in [-0.1, -0.05) is 0 Å². The molecule has 0 bridgehead atoms. The number of alkyl halides is 3. The van der Waals surface area contributed by atoms with Gasteiger partial charge in [0.2, 0.25) is 0 Å². The normalized spacial score (nSPS) is 41.1. The van der Waals surface area contributed by atoms with E-state index in [0.29, 0.717) is 0 Å². The van der Waals surface area contributed by atoms with Crippen LogP contribution in [0, 0.1) is 0 Å². The molecule has 0 radical (unpaired) electrons. The Balaban J connectivity index is 2.57. The van der Waals surface area contributed by atoms with E-state index in [9.17, 15) is 13.2 Å². The van der Waals surface area contributed by atoms with Crippen molar-refractivity contribution >= 4 is 0 Å². The Morgan fingerprint density at radius 1 is 1.30 bits per heavy atom. The van der Waals surface area contributed by atoms with Gasteiger partial charge in [0.15, 0.2) is 5.60 Å². The average molecular weight is 156 g/mol. The van der Waals surface area contributed by atoms with Crippen molar-refractivity contribution in [2.24, 2.45) is 0 Å². The van der Waals surface area contributed by atoms with Crippen LogP contribution in [-0.2, 0) is 0 Å². The molecule has 2 nitrogen and oxygen atoms in total. The second-order valence-electron chi connectivity index (χ2n) is 2.59. The van der Waals surface area contributed by atoms with E-state index in [4.69, 9.17) is 10.2 Å². The number of hydrogen-bond acceptors (Lipinski definition) is 2. The van der Waals surface area contributed by atoms with Crippen molar-refractivity contribution in [3.63, 3.8) is 0 Å². The number of hydrogen-bond donors (Lipinski definition) is 2. The van der Waals surface area contributed by atoms with Crippen LogP contribution in [0.3, 0.4) is 0 Å². The fraction of sp³-hybridized carbons (Fsp3) is 1.00.